The first-order chi connectivity index (χ1) is 11.1. The van der Waals surface area contributed by atoms with Crippen molar-refractivity contribution < 1.29 is 14.3 Å². The van der Waals surface area contributed by atoms with Crippen LogP contribution in [0.15, 0.2) is 24.3 Å². The number of nitrogens with zero attached hydrogens (tertiary/aromatic N) is 2. The lowest BCUT2D eigenvalue weighted by Gasteiger charge is -2.28. The molecule has 2 heterocycles. The molecule has 1 aromatic carbocycles. The molecule has 0 saturated carbocycles. The maximum Gasteiger partial charge on any atom is 0.233 e. The molecule has 0 bridgehead atoms. The number of carbonyl (C=O) groups is 2. The molecule has 1 aromatic rings. The Labute approximate surface area is 141 Å². The maximum absolute atomic E-state index is 12.5. The van der Waals surface area contributed by atoms with E-state index in [2.05, 4.69) is 4.90 Å². The van der Waals surface area contributed by atoms with E-state index in [1.807, 2.05) is 18.2 Å². The van der Waals surface area contributed by atoms with E-state index in [9.17, 15) is 9.59 Å². The number of ether oxygens (including phenoxy) is 1. The van der Waals surface area contributed by atoms with Gasteiger partial charge < -0.3 is 4.74 Å². The van der Waals surface area contributed by atoms with E-state index in [1.165, 1.54) is 4.90 Å². The van der Waals surface area contributed by atoms with Crippen molar-refractivity contribution in [2.24, 2.45) is 5.92 Å². The Balaban J connectivity index is 1.56. The van der Waals surface area contributed by atoms with E-state index in [0.29, 0.717) is 24.4 Å². The van der Waals surface area contributed by atoms with Gasteiger partial charge in [0, 0.05) is 37.6 Å². The van der Waals surface area contributed by atoms with E-state index in [4.69, 9.17) is 16.3 Å². The topological polar surface area (TPSA) is 49.9 Å². The van der Waals surface area contributed by atoms with Gasteiger partial charge in [-0.15, -0.1) is 0 Å². The average molecular weight is 337 g/mol. The van der Waals surface area contributed by atoms with Gasteiger partial charge in [0.25, 0.3) is 0 Å². The lowest BCUT2D eigenvalue weighted by atomic mass is 9.98. The summed E-state index contributed by atoms with van der Waals surface area (Å²) in [6, 6.07) is 7.48. The smallest absolute Gasteiger partial charge is 0.233 e. The van der Waals surface area contributed by atoms with E-state index >= 15 is 0 Å². The van der Waals surface area contributed by atoms with Gasteiger partial charge in [-0.05, 0) is 24.1 Å². The molecule has 0 spiro atoms. The number of benzene rings is 1. The molecule has 5 nitrogen and oxygen atoms in total. The standard InChI is InChI=1S/C17H21ClN2O3/c18-15-3-1-2-13(11-15)10-14-12-16(21)20(17(14)22)5-4-19-6-8-23-9-7-19/h1-3,11,14H,4-10,12H2. The number of morpholine rings is 1. The van der Waals surface area contributed by atoms with Gasteiger partial charge in [-0.25, -0.2) is 0 Å². The molecule has 23 heavy (non-hydrogen) atoms. The second kappa shape index (κ2) is 7.43. The predicted octanol–water partition coefficient (Wildman–Crippen LogP) is 1.59. The van der Waals surface area contributed by atoms with Crippen molar-refractivity contribution in [3.05, 3.63) is 34.9 Å². The van der Waals surface area contributed by atoms with Gasteiger partial charge in [-0.2, -0.15) is 0 Å². The highest BCUT2D eigenvalue weighted by Gasteiger charge is 2.38. The van der Waals surface area contributed by atoms with Crippen molar-refractivity contribution >= 4 is 23.4 Å². The van der Waals surface area contributed by atoms with Crippen molar-refractivity contribution in [3.8, 4) is 0 Å². The van der Waals surface area contributed by atoms with Crippen molar-refractivity contribution in [3.63, 3.8) is 0 Å². The normalized spacial score (nSPS) is 22.8. The van der Waals surface area contributed by atoms with Gasteiger partial charge in [-0.3, -0.25) is 19.4 Å². The zero-order valence-electron chi connectivity index (χ0n) is 13.0. The number of amides is 2. The van der Waals surface area contributed by atoms with Crippen LogP contribution in [-0.2, 0) is 20.7 Å². The Morgan fingerprint density at radius 1 is 1.17 bits per heavy atom. The molecule has 0 radical (unpaired) electrons. The summed E-state index contributed by atoms with van der Waals surface area (Å²) in [5.74, 6) is -0.371. The zero-order chi connectivity index (χ0) is 16.2. The van der Waals surface area contributed by atoms with Crippen molar-refractivity contribution in [1.82, 2.24) is 9.80 Å². The molecule has 3 rings (SSSR count). The van der Waals surface area contributed by atoms with Gasteiger partial charge in [-0.1, -0.05) is 23.7 Å². The van der Waals surface area contributed by atoms with Crippen LogP contribution in [0.2, 0.25) is 5.02 Å². The first-order valence-electron chi connectivity index (χ1n) is 8.02. The second-order valence-electron chi connectivity index (χ2n) is 6.07. The Hall–Kier alpha value is -1.43. The highest BCUT2D eigenvalue weighted by molar-refractivity contribution is 6.30. The van der Waals surface area contributed by atoms with Crippen LogP contribution >= 0.6 is 11.6 Å². The van der Waals surface area contributed by atoms with Crippen LogP contribution in [-0.4, -0.2) is 61.0 Å². The third-order valence-electron chi connectivity index (χ3n) is 4.45. The largest absolute Gasteiger partial charge is 0.379 e. The van der Waals surface area contributed by atoms with Gasteiger partial charge in [0.15, 0.2) is 0 Å². The molecule has 2 fully saturated rings. The Kier molecular flexibility index (Phi) is 5.30. The van der Waals surface area contributed by atoms with E-state index in [-0.39, 0.29) is 17.7 Å². The van der Waals surface area contributed by atoms with Crippen LogP contribution in [0.1, 0.15) is 12.0 Å². The molecule has 2 aliphatic rings. The van der Waals surface area contributed by atoms with Crippen LogP contribution in [0, 0.1) is 5.92 Å². The molecule has 6 heteroatoms. The fraction of sp³-hybridized carbons (Fsp3) is 0.529. The number of rotatable bonds is 5. The molecule has 2 saturated heterocycles. The third-order valence-corrected chi connectivity index (χ3v) is 4.69. The summed E-state index contributed by atoms with van der Waals surface area (Å²) in [6.45, 7) is 4.37. The van der Waals surface area contributed by atoms with Crippen LogP contribution < -0.4 is 0 Å². The minimum Gasteiger partial charge on any atom is -0.379 e. The highest BCUT2D eigenvalue weighted by atomic mass is 35.5. The molecule has 0 aliphatic carbocycles. The summed E-state index contributed by atoms with van der Waals surface area (Å²) in [6.07, 6.45) is 0.869. The lowest BCUT2D eigenvalue weighted by molar-refractivity contribution is -0.139. The van der Waals surface area contributed by atoms with E-state index in [0.717, 1.165) is 38.4 Å². The summed E-state index contributed by atoms with van der Waals surface area (Å²) in [5, 5.41) is 0.656. The van der Waals surface area contributed by atoms with Crippen LogP contribution in [0.25, 0.3) is 0 Å². The fourth-order valence-electron chi connectivity index (χ4n) is 3.16. The highest BCUT2D eigenvalue weighted by Crippen LogP contribution is 2.24. The number of hydrogen-bond donors (Lipinski definition) is 0. The van der Waals surface area contributed by atoms with Gasteiger partial charge in [0.05, 0.1) is 19.1 Å². The number of hydrogen-bond acceptors (Lipinski definition) is 4. The number of halogens is 1. The molecule has 2 amide bonds. The molecule has 0 N–H and O–H groups in total. The zero-order valence-corrected chi connectivity index (χ0v) is 13.8. The first kappa shape index (κ1) is 16.4. The SMILES string of the molecule is O=C1CC(Cc2cccc(Cl)c2)C(=O)N1CCN1CCOCC1. The number of likely N-dealkylation sites (tertiary alicyclic amines) is 1. The van der Waals surface area contributed by atoms with Gasteiger partial charge in [0.2, 0.25) is 11.8 Å². The molecular formula is C17H21ClN2O3. The van der Waals surface area contributed by atoms with Crippen LogP contribution in [0.5, 0.6) is 0 Å². The van der Waals surface area contributed by atoms with Crippen LogP contribution in [0.3, 0.4) is 0 Å². The molecule has 0 aromatic heterocycles. The average Bonchev–Trinajstić information content (AvgIpc) is 2.80. The van der Waals surface area contributed by atoms with Gasteiger partial charge >= 0.3 is 0 Å². The molecule has 1 unspecified atom stereocenters. The molecular weight excluding hydrogens is 316 g/mol. The monoisotopic (exact) mass is 336 g/mol. The summed E-state index contributed by atoms with van der Waals surface area (Å²) in [4.78, 5) is 28.3. The number of imide groups is 1. The second-order valence-corrected chi connectivity index (χ2v) is 6.51. The lowest BCUT2D eigenvalue weighted by Crippen LogP contribution is -2.43. The summed E-state index contributed by atoms with van der Waals surface area (Å²) < 4.78 is 5.31. The minimum atomic E-state index is -0.259. The van der Waals surface area contributed by atoms with Gasteiger partial charge in [0.1, 0.15) is 0 Å². The predicted molar refractivity (Wildman–Crippen MR) is 87.2 cm³/mol. The fourth-order valence-corrected chi connectivity index (χ4v) is 3.37. The first-order valence-corrected chi connectivity index (χ1v) is 8.40. The third kappa shape index (κ3) is 4.10. The molecule has 2 aliphatic heterocycles. The van der Waals surface area contributed by atoms with Crippen molar-refractivity contribution in [2.75, 3.05) is 39.4 Å². The van der Waals surface area contributed by atoms with E-state index < -0.39 is 0 Å². The summed E-state index contributed by atoms with van der Waals surface area (Å²) in [7, 11) is 0. The Bertz CT molecular complexity index is 587. The van der Waals surface area contributed by atoms with Crippen molar-refractivity contribution in [2.45, 2.75) is 12.8 Å². The Morgan fingerprint density at radius 2 is 1.96 bits per heavy atom. The summed E-state index contributed by atoms with van der Waals surface area (Å²) in [5.41, 5.74) is 0.999. The summed E-state index contributed by atoms with van der Waals surface area (Å²) >= 11 is 5.98. The van der Waals surface area contributed by atoms with Crippen LogP contribution in [0.4, 0.5) is 0 Å². The molecule has 1 atom stereocenters. The quantitative estimate of drug-likeness (QED) is 0.766. The van der Waals surface area contributed by atoms with Crippen molar-refractivity contribution in [1.29, 1.82) is 0 Å². The Morgan fingerprint density at radius 3 is 2.70 bits per heavy atom. The van der Waals surface area contributed by atoms with E-state index in [1.54, 1.807) is 6.07 Å². The maximum atomic E-state index is 12.5. The molecule has 124 valence electrons. The number of carbonyl (C=O) groups excluding carboxylic acids is 2. The minimum absolute atomic E-state index is 0.0526.